The van der Waals surface area contributed by atoms with E-state index in [-0.39, 0.29) is 5.56 Å². The third kappa shape index (κ3) is 2.63. The largest absolute Gasteiger partial charge is 0.497 e. The van der Waals surface area contributed by atoms with Gasteiger partial charge < -0.3 is 10.5 Å². The Morgan fingerprint density at radius 2 is 2.23 bits per heavy atom. The van der Waals surface area contributed by atoms with Crippen LogP contribution in [0.1, 0.15) is 12.2 Å². The summed E-state index contributed by atoms with van der Waals surface area (Å²) in [6.45, 7) is 0.565. The first kappa shape index (κ1) is 14.7. The first-order valence-electron chi connectivity index (χ1n) is 7.08. The van der Waals surface area contributed by atoms with Gasteiger partial charge in [-0.25, -0.2) is 4.98 Å². The fourth-order valence-electron chi connectivity index (χ4n) is 2.40. The van der Waals surface area contributed by atoms with Crippen LogP contribution in [0.5, 0.6) is 5.75 Å². The molecular formula is C16H17N3O2S. The lowest BCUT2D eigenvalue weighted by Gasteiger charge is -2.13. The van der Waals surface area contributed by atoms with Crippen molar-refractivity contribution >= 4 is 21.6 Å². The van der Waals surface area contributed by atoms with Crippen molar-refractivity contribution in [3.8, 4) is 11.4 Å². The summed E-state index contributed by atoms with van der Waals surface area (Å²) in [5.41, 5.74) is 7.08. The lowest BCUT2D eigenvalue weighted by molar-refractivity contribution is 0.414. The fraction of sp³-hybridized carbons (Fsp3) is 0.250. The van der Waals surface area contributed by atoms with Crippen LogP contribution in [0.25, 0.3) is 15.9 Å². The molecule has 0 bridgehead atoms. The molecular weight excluding hydrogens is 298 g/mol. The van der Waals surface area contributed by atoms with Crippen molar-refractivity contribution in [3.63, 3.8) is 0 Å². The summed E-state index contributed by atoms with van der Waals surface area (Å²) in [6.07, 6.45) is 1.45. The van der Waals surface area contributed by atoms with Gasteiger partial charge in [0.2, 0.25) is 0 Å². The number of thiophene rings is 1. The molecule has 0 saturated carbocycles. The number of fused-ring (bicyclic) bond motifs is 1. The summed E-state index contributed by atoms with van der Waals surface area (Å²) < 4.78 is 7.59. The Labute approximate surface area is 132 Å². The van der Waals surface area contributed by atoms with Crippen molar-refractivity contribution in [1.29, 1.82) is 0 Å². The third-order valence-corrected chi connectivity index (χ3v) is 4.36. The number of methoxy groups -OCH3 is 1. The SMILES string of the molecule is COc1cccc(-n2c(CCCN)nc3ccsc3c2=O)c1. The Morgan fingerprint density at radius 1 is 1.36 bits per heavy atom. The molecule has 2 heterocycles. The van der Waals surface area contributed by atoms with Crippen LogP contribution < -0.4 is 16.0 Å². The Kier molecular flexibility index (Phi) is 4.22. The number of ether oxygens (including phenoxy) is 1. The van der Waals surface area contributed by atoms with Crippen molar-refractivity contribution in [2.75, 3.05) is 13.7 Å². The van der Waals surface area contributed by atoms with E-state index >= 15 is 0 Å². The highest BCUT2D eigenvalue weighted by Crippen LogP contribution is 2.20. The molecule has 3 rings (SSSR count). The predicted octanol–water partition coefficient (Wildman–Crippen LogP) is 2.35. The number of aromatic nitrogens is 2. The minimum atomic E-state index is -0.0414. The quantitative estimate of drug-likeness (QED) is 0.784. The average Bonchev–Trinajstić information content (AvgIpc) is 3.02. The molecule has 6 heteroatoms. The molecule has 114 valence electrons. The fourth-order valence-corrected chi connectivity index (χ4v) is 3.16. The lowest BCUT2D eigenvalue weighted by Crippen LogP contribution is -2.23. The summed E-state index contributed by atoms with van der Waals surface area (Å²) in [5, 5.41) is 1.89. The Morgan fingerprint density at radius 3 is 3.00 bits per heavy atom. The molecule has 0 aliphatic heterocycles. The van der Waals surface area contributed by atoms with E-state index in [0.717, 1.165) is 23.4 Å². The van der Waals surface area contributed by atoms with E-state index in [0.29, 0.717) is 23.4 Å². The van der Waals surface area contributed by atoms with E-state index in [1.165, 1.54) is 11.3 Å². The topological polar surface area (TPSA) is 70.1 Å². The standard InChI is InChI=1S/C16H17N3O2S/c1-21-12-5-2-4-11(10-12)19-14(6-3-8-17)18-13-7-9-22-15(13)16(19)20/h2,4-5,7,9-10H,3,6,8,17H2,1H3. The molecule has 0 atom stereocenters. The average molecular weight is 315 g/mol. The second-order valence-electron chi connectivity index (χ2n) is 4.90. The van der Waals surface area contributed by atoms with Crippen molar-refractivity contribution in [1.82, 2.24) is 9.55 Å². The molecule has 0 aliphatic carbocycles. The molecule has 3 aromatic rings. The molecule has 2 N–H and O–H groups in total. The zero-order chi connectivity index (χ0) is 15.5. The van der Waals surface area contributed by atoms with Gasteiger partial charge >= 0.3 is 0 Å². The summed E-state index contributed by atoms with van der Waals surface area (Å²) in [4.78, 5) is 17.5. The van der Waals surface area contributed by atoms with Crippen LogP contribution in [-0.2, 0) is 6.42 Å². The maximum atomic E-state index is 12.8. The molecule has 0 spiro atoms. The molecule has 0 radical (unpaired) electrons. The highest BCUT2D eigenvalue weighted by molar-refractivity contribution is 7.17. The van der Waals surface area contributed by atoms with Crippen LogP contribution in [0.15, 0.2) is 40.5 Å². The van der Waals surface area contributed by atoms with E-state index in [1.54, 1.807) is 11.7 Å². The van der Waals surface area contributed by atoms with Crippen LogP contribution in [0, 0.1) is 0 Å². The van der Waals surface area contributed by atoms with Crippen LogP contribution in [0.4, 0.5) is 0 Å². The summed E-state index contributed by atoms with van der Waals surface area (Å²) >= 11 is 1.41. The molecule has 0 amide bonds. The number of nitrogens with zero attached hydrogens (tertiary/aromatic N) is 2. The van der Waals surface area contributed by atoms with Gasteiger partial charge in [0.15, 0.2) is 0 Å². The minimum Gasteiger partial charge on any atom is -0.497 e. The molecule has 1 aromatic carbocycles. The van der Waals surface area contributed by atoms with Gasteiger partial charge in [-0.05, 0) is 36.5 Å². The van der Waals surface area contributed by atoms with Gasteiger partial charge in [-0.1, -0.05) is 6.07 Å². The maximum absolute atomic E-state index is 12.8. The van der Waals surface area contributed by atoms with E-state index in [1.807, 2.05) is 35.7 Å². The predicted molar refractivity (Wildman–Crippen MR) is 89.1 cm³/mol. The second-order valence-corrected chi connectivity index (χ2v) is 5.81. The maximum Gasteiger partial charge on any atom is 0.276 e. The molecule has 22 heavy (non-hydrogen) atoms. The summed E-state index contributed by atoms with van der Waals surface area (Å²) in [7, 11) is 1.61. The Hall–Kier alpha value is -2.18. The highest BCUT2D eigenvalue weighted by Gasteiger charge is 2.13. The van der Waals surface area contributed by atoms with Gasteiger partial charge in [-0.15, -0.1) is 11.3 Å². The third-order valence-electron chi connectivity index (χ3n) is 3.47. The van der Waals surface area contributed by atoms with Crippen molar-refractivity contribution in [3.05, 3.63) is 51.9 Å². The van der Waals surface area contributed by atoms with E-state index in [9.17, 15) is 4.79 Å². The number of aryl methyl sites for hydroxylation is 1. The van der Waals surface area contributed by atoms with Gasteiger partial charge in [0.1, 0.15) is 16.3 Å². The number of nitrogens with two attached hydrogens (primary N) is 1. The normalized spacial score (nSPS) is 11.0. The number of hydrogen-bond acceptors (Lipinski definition) is 5. The van der Waals surface area contributed by atoms with E-state index in [4.69, 9.17) is 10.5 Å². The molecule has 2 aromatic heterocycles. The van der Waals surface area contributed by atoms with Gasteiger partial charge in [0.05, 0.1) is 18.3 Å². The molecule has 0 aliphatic rings. The zero-order valence-electron chi connectivity index (χ0n) is 12.3. The van der Waals surface area contributed by atoms with Crippen LogP contribution >= 0.6 is 11.3 Å². The second kappa shape index (κ2) is 6.29. The van der Waals surface area contributed by atoms with Gasteiger partial charge in [-0.3, -0.25) is 9.36 Å². The lowest BCUT2D eigenvalue weighted by atomic mass is 10.2. The van der Waals surface area contributed by atoms with Crippen LogP contribution in [-0.4, -0.2) is 23.2 Å². The molecule has 0 fully saturated rings. The van der Waals surface area contributed by atoms with Crippen LogP contribution in [0.3, 0.4) is 0 Å². The summed E-state index contributed by atoms with van der Waals surface area (Å²) in [5.74, 6) is 1.44. The Balaban J connectivity index is 2.24. The first-order valence-corrected chi connectivity index (χ1v) is 7.96. The van der Waals surface area contributed by atoms with Gasteiger partial charge in [-0.2, -0.15) is 0 Å². The molecule has 0 unspecified atom stereocenters. The van der Waals surface area contributed by atoms with Gasteiger partial charge in [0, 0.05) is 12.5 Å². The monoisotopic (exact) mass is 315 g/mol. The Bertz CT molecular complexity index is 854. The summed E-state index contributed by atoms with van der Waals surface area (Å²) in [6, 6.07) is 9.33. The number of rotatable bonds is 5. The first-order chi connectivity index (χ1) is 10.7. The van der Waals surface area contributed by atoms with Crippen molar-refractivity contribution in [2.45, 2.75) is 12.8 Å². The molecule has 0 saturated heterocycles. The smallest absolute Gasteiger partial charge is 0.276 e. The number of hydrogen-bond donors (Lipinski definition) is 1. The zero-order valence-corrected chi connectivity index (χ0v) is 13.1. The van der Waals surface area contributed by atoms with E-state index in [2.05, 4.69) is 4.98 Å². The van der Waals surface area contributed by atoms with E-state index < -0.39 is 0 Å². The van der Waals surface area contributed by atoms with Crippen LogP contribution in [0.2, 0.25) is 0 Å². The van der Waals surface area contributed by atoms with Gasteiger partial charge in [0.25, 0.3) is 5.56 Å². The minimum absolute atomic E-state index is 0.0414. The molecule has 5 nitrogen and oxygen atoms in total. The van der Waals surface area contributed by atoms with Crippen molar-refractivity contribution in [2.24, 2.45) is 5.73 Å². The highest BCUT2D eigenvalue weighted by atomic mass is 32.1. The van der Waals surface area contributed by atoms with Crippen molar-refractivity contribution < 1.29 is 4.74 Å². The number of benzene rings is 1.